The van der Waals surface area contributed by atoms with Crippen molar-refractivity contribution < 1.29 is 10.2 Å². The van der Waals surface area contributed by atoms with Crippen LogP contribution in [0.1, 0.15) is 0 Å². The van der Waals surface area contributed by atoms with Crippen LogP contribution in [0, 0.1) is 0 Å². The van der Waals surface area contributed by atoms with Crippen molar-refractivity contribution in [3.63, 3.8) is 0 Å². The molecule has 0 aliphatic heterocycles. The van der Waals surface area contributed by atoms with Crippen molar-refractivity contribution in [3.8, 4) is 33.8 Å². The molecule has 0 unspecified atom stereocenters. The fraction of sp³-hybridized carbons (Fsp3) is 0. The third kappa shape index (κ3) is 6.00. The number of hydrogen-bond acceptors (Lipinski definition) is 2. The van der Waals surface area contributed by atoms with Crippen LogP contribution < -0.4 is 0 Å². The molecule has 0 aliphatic rings. The molecule has 2 N–H and O–H groups in total. The predicted octanol–water partition coefficient (Wildman–Crippen LogP) is 5.47. The summed E-state index contributed by atoms with van der Waals surface area (Å²) < 4.78 is 0. The third-order valence-electron chi connectivity index (χ3n) is 3.96. The summed E-state index contributed by atoms with van der Waals surface area (Å²) >= 11 is 0. The Hall–Kier alpha value is -2.52. The molecule has 0 heterocycles. The van der Waals surface area contributed by atoms with Crippen molar-refractivity contribution >= 4 is 29.6 Å². The summed E-state index contributed by atoms with van der Waals surface area (Å²) in [5.74, 6) is 0.633. The van der Waals surface area contributed by atoms with Crippen molar-refractivity contribution in [2.45, 2.75) is 0 Å². The second-order valence-electron chi connectivity index (χ2n) is 5.80. The number of para-hydroxylation sites is 1. The van der Waals surface area contributed by atoms with E-state index >= 15 is 0 Å². The van der Waals surface area contributed by atoms with E-state index in [-0.39, 0.29) is 29.6 Å². The molecule has 0 saturated carbocycles. The first-order valence-corrected chi connectivity index (χ1v) is 8.42. The van der Waals surface area contributed by atoms with Crippen LogP contribution in [0.15, 0.2) is 109 Å². The zero-order valence-electron chi connectivity index (χ0n) is 14.3. The molecule has 0 spiro atoms. The summed E-state index contributed by atoms with van der Waals surface area (Å²) in [6.07, 6.45) is 0. The first-order valence-electron chi connectivity index (χ1n) is 8.42. The van der Waals surface area contributed by atoms with Gasteiger partial charge >= 0.3 is 29.6 Å². The molecule has 4 rings (SSSR count). The van der Waals surface area contributed by atoms with Gasteiger partial charge in [0.2, 0.25) is 0 Å². The topological polar surface area (TPSA) is 40.5 Å². The average Bonchev–Trinajstić information content (AvgIpc) is 2.71. The molecule has 3 heteroatoms. The Kier molecular flexibility index (Phi) is 8.15. The van der Waals surface area contributed by atoms with Crippen LogP contribution in [0.25, 0.3) is 22.3 Å². The van der Waals surface area contributed by atoms with Gasteiger partial charge in [-0.2, -0.15) is 0 Å². The maximum atomic E-state index is 9.56. The Morgan fingerprint density at radius 2 is 0.852 bits per heavy atom. The number of benzene rings is 4. The maximum absolute atomic E-state index is 9.56. The van der Waals surface area contributed by atoms with Gasteiger partial charge in [0.1, 0.15) is 11.5 Å². The van der Waals surface area contributed by atoms with Crippen molar-refractivity contribution in [2.75, 3.05) is 0 Å². The van der Waals surface area contributed by atoms with E-state index in [0.717, 1.165) is 16.7 Å². The van der Waals surface area contributed by atoms with Gasteiger partial charge in [-0.05, 0) is 34.9 Å². The van der Waals surface area contributed by atoms with Crippen LogP contribution in [0.4, 0.5) is 0 Å². The van der Waals surface area contributed by atoms with Gasteiger partial charge in [0.05, 0.1) is 0 Å². The second-order valence-corrected chi connectivity index (χ2v) is 5.80. The van der Waals surface area contributed by atoms with E-state index < -0.39 is 0 Å². The Morgan fingerprint density at radius 3 is 1.41 bits per heavy atom. The number of rotatable bonds is 2. The molecule has 4 aromatic rings. The van der Waals surface area contributed by atoms with E-state index in [2.05, 4.69) is 0 Å². The van der Waals surface area contributed by atoms with Crippen LogP contribution in [0.3, 0.4) is 0 Å². The Morgan fingerprint density at radius 1 is 0.407 bits per heavy atom. The monoisotopic (exact) mass is 364 g/mol. The molecule has 0 aliphatic carbocycles. The molecule has 0 atom stereocenters. The molecule has 0 amide bonds. The molecule has 0 aromatic heterocycles. The fourth-order valence-electron chi connectivity index (χ4n) is 2.62. The molecule has 0 bridgehead atoms. The molecular formula is C24H21NaO2. The average molecular weight is 364 g/mol. The van der Waals surface area contributed by atoms with Gasteiger partial charge in [-0.1, -0.05) is 91.0 Å². The number of hydrogen-bond donors (Lipinski definition) is 2. The zero-order valence-corrected chi connectivity index (χ0v) is 14.3. The van der Waals surface area contributed by atoms with E-state index in [4.69, 9.17) is 5.11 Å². The third-order valence-corrected chi connectivity index (χ3v) is 3.96. The van der Waals surface area contributed by atoms with E-state index in [1.807, 2.05) is 91.0 Å². The predicted molar refractivity (Wildman–Crippen MR) is 114 cm³/mol. The molecular weight excluding hydrogens is 343 g/mol. The summed E-state index contributed by atoms with van der Waals surface area (Å²) in [6, 6.07) is 34.5. The number of aromatic hydroxyl groups is 2. The van der Waals surface area contributed by atoms with Crippen LogP contribution in [0.5, 0.6) is 11.5 Å². The van der Waals surface area contributed by atoms with Crippen LogP contribution in [-0.4, -0.2) is 39.8 Å². The SMILES string of the molecule is Oc1ccc(-c2ccccc2)cc1.Oc1ccccc1-c1ccccc1.[NaH]. The number of phenolic OH excluding ortho intramolecular Hbond substituents is 2. The fourth-order valence-corrected chi connectivity index (χ4v) is 2.62. The summed E-state index contributed by atoms with van der Waals surface area (Å²) in [4.78, 5) is 0. The minimum absolute atomic E-state index is 0. The normalized spacial score (nSPS) is 9.48. The number of phenols is 2. The molecule has 27 heavy (non-hydrogen) atoms. The van der Waals surface area contributed by atoms with E-state index in [0.29, 0.717) is 11.5 Å². The molecule has 0 fully saturated rings. The first-order chi connectivity index (χ1) is 12.7. The van der Waals surface area contributed by atoms with Gasteiger partial charge in [-0.3, -0.25) is 0 Å². The molecule has 4 aromatic carbocycles. The minimum atomic E-state index is 0. The zero-order chi connectivity index (χ0) is 18.2. The van der Waals surface area contributed by atoms with Crippen LogP contribution >= 0.6 is 0 Å². The Labute approximate surface area is 182 Å². The summed E-state index contributed by atoms with van der Waals surface area (Å²) in [5, 5.41) is 18.7. The van der Waals surface area contributed by atoms with Gasteiger partial charge in [0.15, 0.2) is 0 Å². The summed E-state index contributed by atoms with van der Waals surface area (Å²) in [7, 11) is 0. The molecule has 0 saturated heterocycles. The van der Waals surface area contributed by atoms with Crippen LogP contribution in [-0.2, 0) is 0 Å². The molecule has 0 radical (unpaired) electrons. The van der Waals surface area contributed by atoms with Crippen LogP contribution in [0.2, 0.25) is 0 Å². The van der Waals surface area contributed by atoms with Gasteiger partial charge < -0.3 is 10.2 Å². The van der Waals surface area contributed by atoms with Gasteiger partial charge in [-0.15, -0.1) is 0 Å². The summed E-state index contributed by atoms with van der Waals surface area (Å²) in [5.41, 5.74) is 4.21. The van der Waals surface area contributed by atoms with Gasteiger partial charge in [0.25, 0.3) is 0 Å². The van der Waals surface area contributed by atoms with Crippen molar-refractivity contribution in [1.29, 1.82) is 0 Å². The van der Waals surface area contributed by atoms with E-state index in [1.165, 1.54) is 5.56 Å². The second kappa shape index (κ2) is 10.6. The van der Waals surface area contributed by atoms with Crippen molar-refractivity contribution in [2.24, 2.45) is 0 Å². The van der Waals surface area contributed by atoms with Crippen molar-refractivity contribution in [3.05, 3.63) is 109 Å². The van der Waals surface area contributed by atoms with E-state index in [9.17, 15) is 5.11 Å². The Bertz CT molecular complexity index is 937. The Balaban J connectivity index is 0.000000187. The molecule has 2 nitrogen and oxygen atoms in total. The van der Waals surface area contributed by atoms with Gasteiger partial charge in [0, 0.05) is 5.56 Å². The molecule has 130 valence electrons. The quantitative estimate of drug-likeness (QED) is 0.463. The van der Waals surface area contributed by atoms with E-state index in [1.54, 1.807) is 18.2 Å². The standard InChI is InChI=1S/2C12H10O.Na.H/c13-12-9-5-4-8-11(12)10-6-2-1-3-7-10;13-12-8-6-11(7-9-12)10-4-2-1-3-5-10;;/h2*1-9,13H;;. The first kappa shape index (κ1) is 20.8. The van der Waals surface area contributed by atoms with Gasteiger partial charge in [-0.25, -0.2) is 0 Å². The van der Waals surface area contributed by atoms with Crippen molar-refractivity contribution in [1.82, 2.24) is 0 Å². The summed E-state index contributed by atoms with van der Waals surface area (Å²) in [6.45, 7) is 0.